The van der Waals surface area contributed by atoms with Crippen molar-refractivity contribution in [2.24, 2.45) is 7.05 Å². The summed E-state index contributed by atoms with van der Waals surface area (Å²) in [4.78, 5) is 11.6. The highest BCUT2D eigenvalue weighted by atomic mass is 16.5. The van der Waals surface area contributed by atoms with Crippen LogP contribution < -0.4 is 0 Å². The molecule has 13 heavy (non-hydrogen) atoms. The average molecular weight is 186 g/mol. The Morgan fingerprint density at radius 1 is 1.77 bits per heavy atom. The standard InChI is InChI=1S/C6H10N4O3/c1-4(6(11)12)13-3-5-7-9-10(2)8-5/h4H,3H2,1-2H3,(H,11,12). The van der Waals surface area contributed by atoms with Gasteiger partial charge in [-0.05, 0) is 12.1 Å². The predicted molar refractivity (Wildman–Crippen MR) is 40.7 cm³/mol. The molecule has 1 aromatic rings. The molecule has 1 N–H and O–H groups in total. The molecule has 0 aliphatic rings. The number of rotatable bonds is 4. The summed E-state index contributed by atoms with van der Waals surface area (Å²) in [6, 6.07) is 0. The fraction of sp³-hybridized carbons (Fsp3) is 0.667. The van der Waals surface area contributed by atoms with Crippen molar-refractivity contribution in [2.75, 3.05) is 0 Å². The number of hydrogen-bond donors (Lipinski definition) is 1. The summed E-state index contributed by atoms with van der Waals surface area (Å²) < 4.78 is 4.92. The van der Waals surface area contributed by atoms with Crippen molar-refractivity contribution in [3.63, 3.8) is 0 Å². The first-order chi connectivity index (χ1) is 6.09. The maximum atomic E-state index is 10.3. The van der Waals surface area contributed by atoms with Crippen LogP contribution >= 0.6 is 0 Å². The van der Waals surface area contributed by atoms with Crippen molar-refractivity contribution < 1.29 is 14.6 Å². The van der Waals surface area contributed by atoms with Gasteiger partial charge in [0.1, 0.15) is 6.61 Å². The van der Waals surface area contributed by atoms with Gasteiger partial charge in [-0.2, -0.15) is 4.80 Å². The van der Waals surface area contributed by atoms with E-state index >= 15 is 0 Å². The van der Waals surface area contributed by atoms with Gasteiger partial charge in [0, 0.05) is 0 Å². The largest absolute Gasteiger partial charge is 0.479 e. The molecule has 1 unspecified atom stereocenters. The number of tetrazole rings is 1. The number of aromatic nitrogens is 4. The Morgan fingerprint density at radius 2 is 2.46 bits per heavy atom. The summed E-state index contributed by atoms with van der Waals surface area (Å²) in [5.41, 5.74) is 0. The van der Waals surface area contributed by atoms with E-state index in [0.717, 1.165) is 0 Å². The number of nitrogens with zero attached hydrogens (tertiary/aromatic N) is 4. The van der Waals surface area contributed by atoms with Gasteiger partial charge in [-0.25, -0.2) is 4.79 Å². The van der Waals surface area contributed by atoms with Crippen LogP contribution in [0.3, 0.4) is 0 Å². The molecule has 0 aromatic carbocycles. The maximum Gasteiger partial charge on any atom is 0.332 e. The quantitative estimate of drug-likeness (QED) is 0.662. The number of aryl methyl sites for hydroxylation is 1. The molecule has 0 saturated heterocycles. The Hall–Kier alpha value is -1.50. The molecule has 0 radical (unpaired) electrons. The Kier molecular flexibility index (Phi) is 2.91. The van der Waals surface area contributed by atoms with E-state index in [1.165, 1.54) is 11.7 Å². The molecular weight excluding hydrogens is 176 g/mol. The summed E-state index contributed by atoms with van der Waals surface area (Å²) in [7, 11) is 1.62. The average Bonchev–Trinajstić information content (AvgIpc) is 2.47. The second kappa shape index (κ2) is 3.94. The fourth-order valence-electron chi connectivity index (χ4n) is 0.652. The zero-order valence-corrected chi connectivity index (χ0v) is 7.34. The third kappa shape index (κ3) is 2.79. The first kappa shape index (κ1) is 9.59. The smallest absolute Gasteiger partial charge is 0.332 e. The van der Waals surface area contributed by atoms with Crippen LogP contribution in [0.15, 0.2) is 0 Å². The second-order valence-electron chi connectivity index (χ2n) is 2.49. The zero-order valence-electron chi connectivity index (χ0n) is 7.34. The Bertz CT molecular complexity index is 298. The first-order valence-electron chi connectivity index (χ1n) is 3.67. The Labute approximate surface area is 74.3 Å². The fourth-order valence-corrected chi connectivity index (χ4v) is 0.652. The Morgan fingerprint density at radius 3 is 2.92 bits per heavy atom. The minimum absolute atomic E-state index is 0.0569. The zero-order chi connectivity index (χ0) is 9.84. The first-order valence-corrected chi connectivity index (χ1v) is 3.67. The molecule has 0 spiro atoms. The number of aliphatic carboxylic acids is 1. The third-order valence-corrected chi connectivity index (χ3v) is 1.36. The molecule has 0 saturated carbocycles. The lowest BCUT2D eigenvalue weighted by Crippen LogP contribution is -2.19. The molecule has 7 nitrogen and oxygen atoms in total. The van der Waals surface area contributed by atoms with Crippen LogP contribution in [-0.4, -0.2) is 37.4 Å². The number of hydrogen-bond acceptors (Lipinski definition) is 5. The molecule has 7 heteroatoms. The topological polar surface area (TPSA) is 90.1 Å². The molecule has 72 valence electrons. The Balaban J connectivity index is 2.39. The highest BCUT2D eigenvalue weighted by molar-refractivity contribution is 5.71. The lowest BCUT2D eigenvalue weighted by atomic mass is 10.4. The molecule has 0 bridgehead atoms. The van der Waals surface area contributed by atoms with Gasteiger partial charge in [-0.3, -0.25) is 0 Å². The lowest BCUT2D eigenvalue weighted by molar-refractivity contribution is -0.150. The molecular formula is C6H10N4O3. The van der Waals surface area contributed by atoms with E-state index < -0.39 is 12.1 Å². The van der Waals surface area contributed by atoms with E-state index in [1.807, 2.05) is 0 Å². The monoisotopic (exact) mass is 186 g/mol. The van der Waals surface area contributed by atoms with Crippen LogP contribution in [0.4, 0.5) is 0 Å². The van der Waals surface area contributed by atoms with Crippen molar-refractivity contribution in [3.05, 3.63) is 5.82 Å². The van der Waals surface area contributed by atoms with Gasteiger partial charge in [-0.15, -0.1) is 10.2 Å². The van der Waals surface area contributed by atoms with E-state index in [2.05, 4.69) is 15.4 Å². The van der Waals surface area contributed by atoms with Gasteiger partial charge in [0.25, 0.3) is 0 Å². The van der Waals surface area contributed by atoms with Crippen molar-refractivity contribution >= 4 is 5.97 Å². The summed E-state index contributed by atoms with van der Waals surface area (Å²) in [6.45, 7) is 1.50. The molecule has 1 aromatic heterocycles. The lowest BCUT2D eigenvalue weighted by Gasteiger charge is -2.04. The molecule has 1 atom stereocenters. The number of carboxylic acids is 1. The van der Waals surface area contributed by atoms with E-state index in [9.17, 15) is 4.79 Å². The minimum atomic E-state index is -1.01. The predicted octanol–water partition coefficient (Wildman–Crippen LogP) is -0.800. The van der Waals surface area contributed by atoms with Crippen LogP contribution in [0, 0.1) is 0 Å². The van der Waals surface area contributed by atoms with Crippen molar-refractivity contribution in [2.45, 2.75) is 19.6 Å². The van der Waals surface area contributed by atoms with Crippen LogP contribution in [0.5, 0.6) is 0 Å². The molecule has 1 heterocycles. The molecule has 0 aliphatic carbocycles. The maximum absolute atomic E-state index is 10.3. The van der Waals surface area contributed by atoms with E-state index in [-0.39, 0.29) is 6.61 Å². The van der Waals surface area contributed by atoms with Gasteiger partial charge in [-0.1, -0.05) is 0 Å². The molecule has 0 fully saturated rings. The summed E-state index contributed by atoms with van der Waals surface area (Å²) in [6.07, 6.45) is -0.858. The summed E-state index contributed by atoms with van der Waals surface area (Å²) >= 11 is 0. The minimum Gasteiger partial charge on any atom is -0.479 e. The van der Waals surface area contributed by atoms with Crippen molar-refractivity contribution in [3.8, 4) is 0 Å². The van der Waals surface area contributed by atoms with Gasteiger partial charge in [0.2, 0.25) is 0 Å². The second-order valence-corrected chi connectivity index (χ2v) is 2.49. The van der Waals surface area contributed by atoms with Crippen molar-refractivity contribution in [1.82, 2.24) is 20.2 Å². The SMILES string of the molecule is CC(OCc1nnn(C)n1)C(=O)O. The van der Waals surface area contributed by atoms with Crippen LogP contribution in [0.25, 0.3) is 0 Å². The highest BCUT2D eigenvalue weighted by Gasteiger charge is 2.12. The molecule has 0 aliphatic heterocycles. The van der Waals surface area contributed by atoms with Gasteiger partial charge < -0.3 is 9.84 Å². The van der Waals surface area contributed by atoms with E-state index in [0.29, 0.717) is 5.82 Å². The summed E-state index contributed by atoms with van der Waals surface area (Å²) in [5.74, 6) is -0.639. The summed E-state index contributed by atoms with van der Waals surface area (Å²) in [5, 5.41) is 19.5. The van der Waals surface area contributed by atoms with E-state index in [4.69, 9.17) is 9.84 Å². The van der Waals surface area contributed by atoms with Gasteiger partial charge >= 0.3 is 5.97 Å². The highest BCUT2D eigenvalue weighted by Crippen LogP contribution is 1.96. The van der Waals surface area contributed by atoms with Crippen LogP contribution in [0.1, 0.15) is 12.7 Å². The van der Waals surface area contributed by atoms with Crippen LogP contribution in [0.2, 0.25) is 0 Å². The number of carbonyl (C=O) groups is 1. The molecule has 0 amide bonds. The molecule has 1 rings (SSSR count). The van der Waals surface area contributed by atoms with E-state index in [1.54, 1.807) is 7.05 Å². The number of carboxylic acid groups (broad SMARTS) is 1. The van der Waals surface area contributed by atoms with Crippen LogP contribution in [-0.2, 0) is 23.2 Å². The normalized spacial score (nSPS) is 12.8. The van der Waals surface area contributed by atoms with Crippen molar-refractivity contribution in [1.29, 1.82) is 0 Å². The number of ether oxygens (including phenoxy) is 1. The van der Waals surface area contributed by atoms with Gasteiger partial charge in [0.15, 0.2) is 11.9 Å². The third-order valence-electron chi connectivity index (χ3n) is 1.36. The van der Waals surface area contributed by atoms with Gasteiger partial charge in [0.05, 0.1) is 7.05 Å².